The van der Waals surface area contributed by atoms with Crippen LogP contribution in [0.25, 0.3) is 11.4 Å². The van der Waals surface area contributed by atoms with E-state index in [1.165, 1.54) is 12.1 Å². The Morgan fingerprint density at radius 2 is 2.00 bits per heavy atom. The van der Waals surface area contributed by atoms with Crippen LogP contribution < -0.4 is 5.56 Å². The molecule has 1 aromatic heterocycles. The Balaban J connectivity index is 1.57. The van der Waals surface area contributed by atoms with Crippen molar-refractivity contribution in [2.24, 2.45) is 0 Å². The van der Waals surface area contributed by atoms with Crippen molar-refractivity contribution in [2.75, 3.05) is 6.54 Å². The lowest BCUT2D eigenvalue weighted by Gasteiger charge is -2.27. The van der Waals surface area contributed by atoms with Crippen LogP contribution in [0.2, 0.25) is 0 Å². The smallest absolute Gasteiger partial charge is 0.305 e. The van der Waals surface area contributed by atoms with E-state index in [1.54, 1.807) is 0 Å². The molecule has 1 aliphatic rings. The highest BCUT2D eigenvalue weighted by molar-refractivity contribution is 5.54. The summed E-state index contributed by atoms with van der Waals surface area (Å²) in [6.45, 7) is 1.43. The van der Waals surface area contributed by atoms with Gasteiger partial charge in [-0.2, -0.15) is 4.39 Å². The van der Waals surface area contributed by atoms with Crippen LogP contribution in [-0.2, 0) is 19.5 Å². The lowest BCUT2D eigenvalue weighted by Crippen LogP contribution is -2.35. The average molecular weight is 380 g/mol. The van der Waals surface area contributed by atoms with Crippen molar-refractivity contribution >= 4 is 5.69 Å². The van der Waals surface area contributed by atoms with Crippen LogP contribution in [0.4, 0.5) is 10.1 Å². The van der Waals surface area contributed by atoms with Gasteiger partial charge in [-0.25, -0.2) is 4.98 Å². The third-order valence-corrected chi connectivity index (χ3v) is 4.81. The van der Waals surface area contributed by atoms with Crippen molar-refractivity contribution in [3.05, 3.63) is 91.6 Å². The topological polar surface area (TPSA) is 92.1 Å². The summed E-state index contributed by atoms with van der Waals surface area (Å²) < 4.78 is 13.5. The van der Waals surface area contributed by atoms with Gasteiger partial charge in [0.2, 0.25) is 5.82 Å². The van der Waals surface area contributed by atoms with Crippen LogP contribution in [0.5, 0.6) is 0 Å². The van der Waals surface area contributed by atoms with E-state index in [-0.39, 0.29) is 5.56 Å². The number of nitro benzene ring substituents is 1. The van der Waals surface area contributed by atoms with Gasteiger partial charge in [0, 0.05) is 37.7 Å². The second kappa shape index (κ2) is 7.32. The minimum Gasteiger partial charge on any atom is -0.306 e. The molecule has 2 heterocycles. The summed E-state index contributed by atoms with van der Waals surface area (Å²) in [6, 6.07) is 13.3. The number of halogens is 1. The molecule has 2 aromatic carbocycles. The molecule has 1 aliphatic heterocycles. The third kappa shape index (κ3) is 3.54. The largest absolute Gasteiger partial charge is 0.306 e. The molecule has 3 aromatic rings. The molecular weight excluding hydrogens is 363 g/mol. The van der Waals surface area contributed by atoms with Crippen LogP contribution in [0, 0.1) is 15.9 Å². The van der Waals surface area contributed by atoms with E-state index in [4.69, 9.17) is 0 Å². The summed E-state index contributed by atoms with van der Waals surface area (Å²) in [4.78, 5) is 32.2. The fraction of sp³-hybridized carbons (Fsp3) is 0.200. The number of aromatic amines is 1. The van der Waals surface area contributed by atoms with E-state index in [1.807, 2.05) is 35.2 Å². The first-order valence-corrected chi connectivity index (χ1v) is 8.84. The zero-order chi connectivity index (χ0) is 19.7. The van der Waals surface area contributed by atoms with Gasteiger partial charge in [-0.05, 0) is 11.6 Å². The van der Waals surface area contributed by atoms with Gasteiger partial charge in [0.1, 0.15) is 5.82 Å². The predicted octanol–water partition coefficient (Wildman–Crippen LogP) is 3.04. The Bertz CT molecular complexity index is 1100. The number of nitrogens with one attached hydrogen (secondary N) is 1. The Hall–Kier alpha value is -3.39. The molecule has 28 heavy (non-hydrogen) atoms. The summed E-state index contributed by atoms with van der Waals surface area (Å²) in [7, 11) is 0. The molecule has 4 rings (SSSR count). The molecule has 0 radical (unpaired) electrons. The first-order chi connectivity index (χ1) is 13.5. The van der Waals surface area contributed by atoms with Crippen LogP contribution in [0.1, 0.15) is 16.8 Å². The molecule has 0 unspecified atom stereocenters. The van der Waals surface area contributed by atoms with Gasteiger partial charge in [-0.1, -0.05) is 36.4 Å². The number of nitrogens with zero attached hydrogens (tertiary/aromatic N) is 3. The summed E-state index contributed by atoms with van der Waals surface area (Å²) in [6.07, 6.45) is 0.600. The number of rotatable bonds is 4. The van der Waals surface area contributed by atoms with E-state index >= 15 is 0 Å². The van der Waals surface area contributed by atoms with Crippen LogP contribution in [0.3, 0.4) is 0 Å². The molecular formula is C20H17FN4O3. The van der Waals surface area contributed by atoms with E-state index in [2.05, 4.69) is 9.97 Å². The van der Waals surface area contributed by atoms with Gasteiger partial charge in [0.15, 0.2) is 0 Å². The summed E-state index contributed by atoms with van der Waals surface area (Å²) in [5, 5.41) is 10.9. The zero-order valence-corrected chi connectivity index (χ0v) is 14.9. The Morgan fingerprint density at radius 1 is 1.21 bits per heavy atom. The van der Waals surface area contributed by atoms with Crippen molar-refractivity contribution in [3.8, 4) is 11.4 Å². The number of fused-ring (bicyclic) bond motifs is 1. The molecule has 8 heteroatoms. The van der Waals surface area contributed by atoms with Crippen molar-refractivity contribution in [1.29, 1.82) is 0 Å². The highest BCUT2D eigenvalue weighted by Crippen LogP contribution is 2.23. The van der Waals surface area contributed by atoms with Gasteiger partial charge in [0.25, 0.3) is 5.56 Å². The quantitative estimate of drug-likeness (QED) is 0.555. The fourth-order valence-corrected chi connectivity index (χ4v) is 3.40. The maximum absolute atomic E-state index is 13.5. The summed E-state index contributed by atoms with van der Waals surface area (Å²) in [5.41, 5.74) is 2.12. The van der Waals surface area contributed by atoms with E-state index < -0.39 is 16.4 Å². The Morgan fingerprint density at radius 3 is 2.75 bits per heavy atom. The zero-order valence-electron chi connectivity index (χ0n) is 14.9. The Labute approximate surface area is 159 Å². The maximum atomic E-state index is 13.5. The maximum Gasteiger partial charge on any atom is 0.305 e. The van der Waals surface area contributed by atoms with E-state index in [0.29, 0.717) is 43.0 Å². The number of benzene rings is 2. The summed E-state index contributed by atoms with van der Waals surface area (Å²) >= 11 is 0. The molecule has 0 atom stereocenters. The molecule has 142 valence electrons. The van der Waals surface area contributed by atoms with Gasteiger partial charge in [-0.15, -0.1) is 0 Å². The molecule has 0 spiro atoms. The molecule has 1 N–H and O–H groups in total. The van der Waals surface area contributed by atoms with Crippen LogP contribution >= 0.6 is 0 Å². The first kappa shape index (κ1) is 18.0. The SMILES string of the molecule is O=c1[nH]c(-c2ccccc2)nc2c1CN(Cc1ccc(F)c([N+](=O)[O-])c1)CC2. The summed E-state index contributed by atoms with van der Waals surface area (Å²) in [5.74, 6) is -0.307. The molecule has 0 bridgehead atoms. The molecule has 0 saturated heterocycles. The molecule has 7 nitrogen and oxygen atoms in total. The lowest BCUT2D eigenvalue weighted by molar-refractivity contribution is -0.387. The number of hydrogen-bond acceptors (Lipinski definition) is 5. The third-order valence-electron chi connectivity index (χ3n) is 4.81. The van der Waals surface area contributed by atoms with Crippen molar-refractivity contribution in [3.63, 3.8) is 0 Å². The lowest BCUT2D eigenvalue weighted by atomic mass is 10.1. The van der Waals surface area contributed by atoms with E-state index in [0.717, 1.165) is 17.3 Å². The van der Waals surface area contributed by atoms with E-state index in [9.17, 15) is 19.3 Å². The monoisotopic (exact) mass is 380 g/mol. The van der Waals surface area contributed by atoms with Gasteiger partial charge < -0.3 is 4.98 Å². The fourth-order valence-electron chi connectivity index (χ4n) is 3.40. The number of H-pyrrole nitrogens is 1. The average Bonchev–Trinajstić information content (AvgIpc) is 2.70. The Kier molecular flexibility index (Phi) is 4.70. The molecule has 0 amide bonds. The highest BCUT2D eigenvalue weighted by Gasteiger charge is 2.22. The van der Waals surface area contributed by atoms with Crippen molar-refractivity contribution < 1.29 is 9.31 Å². The number of aromatic nitrogens is 2. The molecule has 0 saturated carbocycles. The van der Waals surface area contributed by atoms with Crippen LogP contribution in [0.15, 0.2) is 53.3 Å². The standard InChI is InChI=1S/C20H17FN4O3/c21-16-7-6-13(10-18(16)25(27)28)11-24-9-8-17-15(12-24)20(26)23-19(22-17)14-4-2-1-3-5-14/h1-7,10H,8-9,11-12H2,(H,22,23,26). The highest BCUT2D eigenvalue weighted by atomic mass is 19.1. The second-order valence-corrected chi connectivity index (χ2v) is 6.71. The molecule has 0 aliphatic carbocycles. The van der Waals surface area contributed by atoms with Crippen molar-refractivity contribution in [1.82, 2.24) is 14.9 Å². The minimum atomic E-state index is -0.855. The molecule has 0 fully saturated rings. The van der Waals surface area contributed by atoms with Crippen LogP contribution in [-0.4, -0.2) is 26.3 Å². The minimum absolute atomic E-state index is 0.182. The second-order valence-electron chi connectivity index (χ2n) is 6.71. The van der Waals surface area contributed by atoms with Gasteiger partial charge in [0.05, 0.1) is 16.2 Å². The first-order valence-electron chi connectivity index (χ1n) is 8.84. The normalized spacial score (nSPS) is 13.9. The number of nitro groups is 1. The van der Waals surface area contributed by atoms with Gasteiger partial charge in [-0.3, -0.25) is 19.8 Å². The van der Waals surface area contributed by atoms with Gasteiger partial charge >= 0.3 is 5.69 Å². The number of hydrogen-bond donors (Lipinski definition) is 1. The predicted molar refractivity (Wildman–Crippen MR) is 101 cm³/mol. The van der Waals surface area contributed by atoms with Crippen molar-refractivity contribution in [2.45, 2.75) is 19.5 Å².